The molecular weight excluding hydrogens is 450 g/mol. The third-order valence-corrected chi connectivity index (χ3v) is 5.97. The number of aromatic nitrogens is 1. The molecule has 3 rings (SSSR count). The summed E-state index contributed by atoms with van der Waals surface area (Å²) in [6.45, 7) is 0.639. The number of nitrogens with one attached hydrogen (secondary N) is 1. The average molecular weight is 465 g/mol. The van der Waals surface area contributed by atoms with Crippen LogP contribution in [0, 0.1) is 11.8 Å². The first-order chi connectivity index (χ1) is 14.7. The molecule has 162 valence electrons. The van der Waals surface area contributed by atoms with Gasteiger partial charge in [-0.25, -0.2) is 14.6 Å². The quantitative estimate of drug-likeness (QED) is 0.134. The number of carbonyl (C=O) groups excluding carboxylic acids is 3. The third-order valence-electron chi connectivity index (χ3n) is 4.02. The second kappa shape index (κ2) is 9.16. The number of nitrogens with zero attached hydrogens (tertiary/aromatic N) is 3. The number of aliphatic hydroxyl groups excluding tert-OH is 1. The number of fused-ring (bicyclic) bond motifs is 1. The molecule has 31 heavy (non-hydrogen) atoms. The number of oxime groups is 1. The van der Waals surface area contributed by atoms with Gasteiger partial charge in [-0.2, -0.15) is 0 Å². The number of aliphatic hydroxyl groups is 1. The Bertz CT molecular complexity index is 1080. The van der Waals surface area contributed by atoms with Gasteiger partial charge < -0.3 is 26.1 Å². The molecular formula is C17H15N5O7S2. The number of thiazole rings is 1. The average Bonchev–Trinajstić information content (AvgIpc) is 3.15. The van der Waals surface area contributed by atoms with Gasteiger partial charge in [0.2, 0.25) is 0 Å². The third kappa shape index (κ3) is 4.53. The topological polar surface area (TPSA) is 185 Å². The molecule has 0 radical (unpaired) electrons. The molecule has 1 saturated heterocycles. The van der Waals surface area contributed by atoms with Crippen LogP contribution >= 0.6 is 23.1 Å². The van der Waals surface area contributed by atoms with E-state index in [4.69, 9.17) is 10.8 Å². The Morgan fingerprint density at radius 3 is 2.81 bits per heavy atom. The van der Waals surface area contributed by atoms with Crippen LogP contribution in [0.2, 0.25) is 0 Å². The first-order valence-corrected chi connectivity index (χ1v) is 10.5. The van der Waals surface area contributed by atoms with Crippen molar-refractivity contribution in [2.75, 3.05) is 18.1 Å². The van der Waals surface area contributed by atoms with Gasteiger partial charge in [-0.05, 0) is 0 Å². The van der Waals surface area contributed by atoms with Crippen molar-refractivity contribution in [1.82, 2.24) is 15.2 Å². The summed E-state index contributed by atoms with van der Waals surface area (Å²) in [6.07, 6.45) is 0. The largest absolute Gasteiger partial charge is 0.477 e. The molecule has 2 atom stereocenters. The first kappa shape index (κ1) is 22.3. The normalized spacial score (nSPS) is 20.3. The van der Waals surface area contributed by atoms with E-state index in [1.807, 2.05) is 0 Å². The number of rotatable bonds is 5. The number of nitrogen functional groups attached to an aromatic ring is 1. The highest BCUT2D eigenvalue weighted by molar-refractivity contribution is 8.00. The number of anilines is 1. The number of amides is 2. The summed E-state index contributed by atoms with van der Waals surface area (Å²) < 4.78 is 0. The number of carboxylic acids is 1. The SMILES string of the molecule is CC(=O)O/N=C(\C(=O)N[C@@H]1C(=O)N2C(C(=O)O)=C(C#CCO)CS[C@H]12)c1csc(N)n1. The molecule has 2 aliphatic rings. The van der Waals surface area contributed by atoms with Gasteiger partial charge in [0, 0.05) is 23.6 Å². The fraction of sp³-hybridized carbons (Fsp3) is 0.294. The van der Waals surface area contributed by atoms with E-state index in [1.54, 1.807) is 0 Å². The molecule has 0 bridgehead atoms. The van der Waals surface area contributed by atoms with Crippen molar-refractivity contribution in [3.63, 3.8) is 0 Å². The number of aliphatic carboxylic acids is 1. The molecule has 0 unspecified atom stereocenters. The highest BCUT2D eigenvalue weighted by Crippen LogP contribution is 2.40. The van der Waals surface area contributed by atoms with Crippen LogP contribution in [0.15, 0.2) is 21.8 Å². The summed E-state index contributed by atoms with van der Waals surface area (Å²) in [7, 11) is 0. The number of nitrogens with two attached hydrogens (primary N) is 1. The van der Waals surface area contributed by atoms with Crippen LogP contribution in [0.1, 0.15) is 12.6 Å². The molecule has 2 amide bonds. The van der Waals surface area contributed by atoms with Crippen molar-refractivity contribution < 1.29 is 34.2 Å². The van der Waals surface area contributed by atoms with Gasteiger partial charge in [0.25, 0.3) is 11.8 Å². The molecule has 1 aromatic rings. The predicted molar refractivity (Wildman–Crippen MR) is 109 cm³/mol. The number of hydrogen-bond acceptors (Lipinski definition) is 11. The summed E-state index contributed by atoms with van der Waals surface area (Å²) in [5.41, 5.74) is 5.16. The maximum Gasteiger partial charge on any atom is 0.353 e. The summed E-state index contributed by atoms with van der Waals surface area (Å²) >= 11 is 2.24. The Labute approximate surface area is 183 Å². The summed E-state index contributed by atoms with van der Waals surface area (Å²) in [6, 6.07) is -1.04. The minimum atomic E-state index is -1.35. The van der Waals surface area contributed by atoms with Gasteiger partial charge in [-0.3, -0.25) is 14.5 Å². The Balaban J connectivity index is 1.82. The van der Waals surface area contributed by atoms with Crippen molar-refractivity contribution in [2.45, 2.75) is 18.3 Å². The second-order valence-electron chi connectivity index (χ2n) is 6.05. The highest BCUT2D eigenvalue weighted by Gasteiger charge is 2.54. The lowest BCUT2D eigenvalue weighted by Gasteiger charge is -2.48. The van der Waals surface area contributed by atoms with E-state index in [2.05, 4.69) is 32.1 Å². The minimum Gasteiger partial charge on any atom is -0.477 e. The van der Waals surface area contributed by atoms with Gasteiger partial charge in [-0.1, -0.05) is 17.0 Å². The Hall–Kier alpha value is -3.41. The van der Waals surface area contributed by atoms with Crippen LogP contribution < -0.4 is 11.1 Å². The van der Waals surface area contributed by atoms with E-state index >= 15 is 0 Å². The zero-order chi connectivity index (χ0) is 22.7. The summed E-state index contributed by atoms with van der Waals surface area (Å²) in [4.78, 5) is 57.6. The number of hydrogen-bond donors (Lipinski definition) is 4. The highest BCUT2D eigenvalue weighted by atomic mass is 32.2. The smallest absolute Gasteiger partial charge is 0.353 e. The molecule has 12 nitrogen and oxygen atoms in total. The summed E-state index contributed by atoms with van der Waals surface area (Å²) in [5, 5.41) is 25.2. The first-order valence-electron chi connectivity index (χ1n) is 8.53. The lowest BCUT2D eigenvalue weighted by molar-refractivity contribution is -0.150. The van der Waals surface area contributed by atoms with E-state index in [9.17, 15) is 24.3 Å². The molecule has 0 aliphatic carbocycles. The molecule has 0 spiro atoms. The fourth-order valence-electron chi connectivity index (χ4n) is 2.78. The van der Waals surface area contributed by atoms with Crippen molar-refractivity contribution in [3.8, 4) is 11.8 Å². The zero-order valence-electron chi connectivity index (χ0n) is 15.8. The Kier molecular flexibility index (Phi) is 6.59. The van der Waals surface area contributed by atoms with Crippen molar-refractivity contribution in [2.24, 2.45) is 5.16 Å². The van der Waals surface area contributed by atoms with E-state index < -0.39 is 41.8 Å². The summed E-state index contributed by atoms with van der Waals surface area (Å²) in [5.74, 6) is 1.46. The van der Waals surface area contributed by atoms with Crippen molar-refractivity contribution in [1.29, 1.82) is 0 Å². The van der Waals surface area contributed by atoms with Crippen LogP contribution in [-0.4, -0.2) is 73.3 Å². The lowest BCUT2D eigenvalue weighted by Crippen LogP contribution is -2.71. The molecule has 5 N–H and O–H groups in total. The molecule has 1 aromatic heterocycles. The number of β-lactam (4-membered cyclic amide) rings is 1. The molecule has 0 aromatic carbocycles. The van der Waals surface area contributed by atoms with E-state index in [0.717, 1.165) is 23.2 Å². The van der Waals surface area contributed by atoms with Crippen LogP contribution in [-0.2, 0) is 24.0 Å². The molecule has 1 fully saturated rings. The lowest BCUT2D eigenvalue weighted by atomic mass is 10.0. The molecule has 2 aliphatic heterocycles. The van der Waals surface area contributed by atoms with E-state index in [1.165, 1.54) is 17.1 Å². The maximum atomic E-state index is 12.7. The van der Waals surface area contributed by atoms with Gasteiger partial charge in [-0.15, -0.1) is 23.1 Å². The molecule has 3 heterocycles. The Morgan fingerprint density at radius 2 is 2.23 bits per heavy atom. The Morgan fingerprint density at radius 1 is 1.48 bits per heavy atom. The van der Waals surface area contributed by atoms with Crippen LogP contribution in [0.3, 0.4) is 0 Å². The van der Waals surface area contributed by atoms with Crippen molar-refractivity contribution >= 4 is 57.7 Å². The molecule has 14 heteroatoms. The number of thioether (sulfide) groups is 1. The predicted octanol–water partition coefficient (Wildman–Crippen LogP) is -1.27. The van der Waals surface area contributed by atoms with Crippen molar-refractivity contribution in [3.05, 3.63) is 22.3 Å². The maximum absolute atomic E-state index is 12.7. The van der Waals surface area contributed by atoms with Crippen LogP contribution in [0.4, 0.5) is 5.13 Å². The second-order valence-corrected chi connectivity index (χ2v) is 8.04. The minimum absolute atomic E-state index is 0.0499. The van der Waals surface area contributed by atoms with Gasteiger partial charge in [0.05, 0.1) is 0 Å². The van der Waals surface area contributed by atoms with Gasteiger partial charge in [0.1, 0.15) is 29.4 Å². The van der Waals surface area contributed by atoms with Gasteiger partial charge >= 0.3 is 11.9 Å². The van der Waals surface area contributed by atoms with E-state index in [0.29, 0.717) is 0 Å². The standard InChI is InChI=1S/C17H15N5O7S2/c1-7(24)29-21-10(9-6-31-17(18)19-9)13(25)20-11-14(26)22-12(16(27)28)8(3-2-4-23)5-30-15(11)22/h6,11,15,23H,4-5H2,1H3,(H2,18,19)(H,20,25)(H,27,28)/b21-10-/t11-,15-/m1/s1. The van der Waals surface area contributed by atoms with Crippen LogP contribution in [0.5, 0.6) is 0 Å². The zero-order valence-corrected chi connectivity index (χ0v) is 17.5. The number of carboxylic acid groups (broad SMARTS) is 1. The van der Waals surface area contributed by atoms with Crippen LogP contribution in [0.25, 0.3) is 0 Å². The van der Waals surface area contributed by atoms with E-state index in [-0.39, 0.29) is 33.6 Å². The fourth-order valence-corrected chi connectivity index (χ4v) is 4.61. The van der Waals surface area contributed by atoms with Gasteiger partial charge in [0.15, 0.2) is 10.8 Å². The molecule has 0 saturated carbocycles. The monoisotopic (exact) mass is 465 g/mol. The number of carbonyl (C=O) groups is 4.